The van der Waals surface area contributed by atoms with Crippen molar-refractivity contribution in [1.82, 2.24) is 5.32 Å². The van der Waals surface area contributed by atoms with Crippen molar-refractivity contribution < 1.29 is 9.47 Å². The third kappa shape index (κ3) is 5.61. The van der Waals surface area contributed by atoms with E-state index in [0.29, 0.717) is 12.7 Å². The highest BCUT2D eigenvalue weighted by Crippen LogP contribution is 2.13. The molecule has 1 unspecified atom stereocenters. The van der Waals surface area contributed by atoms with E-state index < -0.39 is 0 Å². The van der Waals surface area contributed by atoms with E-state index in [4.69, 9.17) is 9.47 Å². The molecule has 3 nitrogen and oxygen atoms in total. The Kier molecular flexibility index (Phi) is 7.06. The van der Waals surface area contributed by atoms with Crippen LogP contribution in [-0.4, -0.2) is 32.4 Å². The first kappa shape index (κ1) is 15.5. The number of ether oxygens (including phenoxy) is 2. The molecule has 0 aliphatic carbocycles. The summed E-state index contributed by atoms with van der Waals surface area (Å²) in [7, 11) is 0. The molecule has 0 radical (unpaired) electrons. The Morgan fingerprint density at radius 2 is 2.00 bits per heavy atom. The highest BCUT2D eigenvalue weighted by molar-refractivity contribution is 5.22. The molecule has 1 N–H and O–H groups in total. The Morgan fingerprint density at radius 3 is 2.70 bits per heavy atom. The summed E-state index contributed by atoms with van der Waals surface area (Å²) in [6.07, 6.45) is 4.93. The molecule has 0 amide bonds. The molecule has 1 aromatic rings. The molecule has 20 heavy (non-hydrogen) atoms. The standard InChI is InChI=1S/C17H27NO2/c1-2-10-18-11-9-15-5-7-16(8-6-15)13-19-14-17-4-3-12-20-17/h5-8,17-18H,2-4,9-14H2,1H3. The zero-order chi connectivity index (χ0) is 14.0. The smallest absolute Gasteiger partial charge is 0.0809 e. The van der Waals surface area contributed by atoms with Crippen LogP contribution in [0.1, 0.15) is 37.3 Å². The van der Waals surface area contributed by atoms with Crippen LogP contribution in [0.2, 0.25) is 0 Å². The predicted molar refractivity (Wildman–Crippen MR) is 81.9 cm³/mol. The van der Waals surface area contributed by atoms with Gasteiger partial charge in [-0.05, 0) is 49.9 Å². The fourth-order valence-electron chi connectivity index (χ4n) is 2.42. The van der Waals surface area contributed by atoms with Gasteiger partial charge >= 0.3 is 0 Å². The van der Waals surface area contributed by atoms with Gasteiger partial charge in [0.2, 0.25) is 0 Å². The van der Waals surface area contributed by atoms with E-state index in [2.05, 4.69) is 36.5 Å². The van der Waals surface area contributed by atoms with Crippen LogP contribution < -0.4 is 5.32 Å². The van der Waals surface area contributed by atoms with Crippen molar-refractivity contribution in [3.05, 3.63) is 35.4 Å². The van der Waals surface area contributed by atoms with Gasteiger partial charge in [-0.2, -0.15) is 0 Å². The first-order chi connectivity index (χ1) is 9.88. The van der Waals surface area contributed by atoms with Gasteiger partial charge in [0.15, 0.2) is 0 Å². The van der Waals surface area contributed by atoms with Gasteiger partial charge in [0.05, 0.1) is 19.3 Å². The largest absolute Gasteiger partial charge is 0.376 e. The Bertz CT molecular complexity index is 358. The quantitative estimate of drug-likeness (QED) is 0.704. The first-order valence-electron chi connectivity index (χ1n) is 7.86. The molecule has 0 bridgehead atoms. The van der Waals surface area contributed by atoms with E-state index in [0.717, 1.165) is 39.1 Å². The molecule has 1 heterocycles. The van der Waals surface area contributed by atoms with Crippen LogP contribution in [0.3, 0.4) is 0 Å². The van der Waals surface area contributed by atoms with Crippen LogP contribution in [0, 0.1) is 0 Å². The van der Waals surface area contributed by atoms with Gasteiger partial charge < -0.3 is 14.8 Å². The Morgan fingerprint density at radius 1 is 1.20 bits per heavy atom. The van der Waals surface area contributed by atoms with Crippen molar-refractivity contribution >= 4 is 0 Å². The third-order valence-corrected chi connectivity index (χ3v) is 3.64. The molecule has 0 spiro atoms. The van der Waals surface area contributed by atoms with E-state index in [9.17, 15) is 0 Å². The molecular weight excluding hydrogens is 250 g/mol. The maximum atomic E-state index is 5.72. The summed E-state index contributed by atoms with van der Waals surface area (Å²) >= 11 is 0. The molecule has 1 aromatic carbocycles. The van der Waals surface area contributed by atoms with E-state index in [1.54, 1.807) is 0 Å². The number of rotatable bonds is 9. The number of hydrogen-bond donors (Lipinski definition) is 1. The van der Waals surface area contributed by atoms with Gasteiger partial charge in [-0.15, -0.1) is 0 Å². The summed E-state index contributed by atoms with van der Waals surface area (Å²) in [5, 5.41) is 3.43. The second-order valence-electron chi connectivity index (χ2n) is 5.47. The molecule has 1 saturated heterocycles. The second kappa shape index (κ2) is 9.11. The first-order valence-corrected chi connectivity index (χ1v) is 7.86. The minimum absolute atomic E-state index is 0.318. The molecule has 1 fully saturated rings. The van der Waals surface area contributed by atoms with Gasteiger partial charge in [-0.1, -0.05) is 31.2 Å². The normalized spacial score (nSPS) is 18.6. The molecule has 0 saturated carbocycles. The summed E-state index contributed by atoms with van der Waals surface area (Å²) in [4.78, 5) is 0. The lowest BCUT2D eigenvalue weighted by molar-refractivity contribution is 0.0106. The summed E-state index contributed by atoms with van der Waals surface area (Å²) in [6, 6.07) is 8.76. The van der Waals surface area contributed by atoms with Gasteiger partial charge in [0, 0.05) is 6.61 Å². The molecule has 0 aromatic heterocycles. The SMILES string of the molecule is CCCNCCc1ccc(COCC2CCCO2)cc1. The second-order valence-corrected chi connectivity index (χ2v) is 5.47. The van der Waals surface area contributed by atoms with Crippen molar-refractivity contribution in [3.8, 4) is 0 Å². The molecule has 1 aliphatic heterocycles. The van der Waals surface area contributed by atoms with Crippen molar-refractivity contribution in [2.75, 3.05) is 26.3 Å². The summed E-state index contributed by atoms with van der Waals surface area (Å²) < 4.78 is 11.3. The summed E-state index contributed by atoms with van der Waals surface area (Å²) in [6.45, 7) is 6.67. The van der Waals surface area contributed by atoms with Crippen LogP contribution in [-0.2, 0) is 22.5 Å². The Balaban J connectivity index is 1.63. The van der Waals surface area contributed by atoms with Crippen molar-refractivity contribution in [2.45, 2.75) is 45.3 Å². The summed E-state index contributed by atoms with van der Waals surface area (Å²) in [5.74, 6) is 0. The maximum absolute atomic E-state index is 5.72. The molecule has 3 heteroatoms. The molecule has 112 valence electrons. The van der Waals surface area contributed by atoms with E-state index in [1.165, 1.54) is 24.0 Å². The van der Waals surface area contributed by atoms with Crippen LogP contribution >= 0.6 is 0 Å². The van der Waals surface area contributed by atoms with Gasteiger partial charge in [0.25, 0.3) is 0 Å². The van der Waals surface area contributed by atoms with Crippen LogP contribution in [0.15, 0.2) is 24.3 Å². The third-order valence-electron chi connectivity index (χ3n) is 3.64. The van der Waals surface area contributed by atoms with E-state index in [1.807, 2.05) is 0 Å². The van der Waals surface area contributed by atoms with E-state index >= 15 is 0 Å². The zero-order valence-corrected chi connectivity index (χ0v) is 12.6. The average molecular weight is 277 g/mol. The molecule has 2 rings (SSSR count). The topological polar surface area (TPSA) is 30.5 Å². The van der Waals surface area contributed by atoms with Crippen molar-refractivity contribution in [2.24, 2.45) is 0 Å². The van der Waals surface area contributed by atoms with Gasteiger partial charge in [0.1, 0.15) is 0 Å². The lowest BCUT2D eigenvalue weighted by Gasteiger charge is -2.10. The predicted octanol–water partition coefficient (Wildman–Crippen LogP) is 2.92. The lowest BCUT2D eigenvalue weighted by atomic mass is 10.1. The maximum Gasteiger partial charge on any atom is 0.0809 e. The minimum Gasteiger partial charge on any atom is -0.376 e. The van der Waals surface area contributed by atoms with Crippen LogP contribution in [0.25, 0.3) is 0 Å². The monoisotopic (exact) mass is 277 g/mol. The lowest BCUT2D eigenvalue weighted by Crippen LogP contribution is -2.17. The van der Waals surface area contributed by atoms with Crippen LogP contribution in [0.5, 0.6) is 0 Å². The number of hydrogen-bond acceptors (Lipinski definition) is 3. The number of nitrogens with one attached hydrogen (secondary N) is 1. The highest BCUT2D eigenvalue weighted by Gasteiger charge is 2.15. The number of benzene rings is 1. The van der Waals surface area contributed by atoms with Crippen molar-refractivity contribution in [3.63, 3.8) is 0 Å². The fraction of sp³-hybridized carbons (Fsp3) is 0.647. The average Bonchev–Trinajstić information content (AvgIpc) is 2.98. The van der Waals surface area contributed by atoms with Crippen molar-refractivity contribution in [1.29, 1.82) is 0 Å². The zero-order valence-electron chi connectivity index (χ0n) is 12.6. The fourth-order valence-corrected chi connectivity index (χ4v) is 2.42. The summed E-state index contributed by atoms with van der Waals surface area (Å²) in [5.41, 5.74) is 2.63. The van der Waals surface area contributed by atoms with E-state index in [-0.39, 0.29) is 0 Å². The Labute approximate surface area is 122 Å². The molecular formula is C17H27NO2. The van der Waals surface area contributed by atoms with Crippen LogP contribution in [0.4, 0.5) is 0 Å². The van der Waals surface area contributed by atoms with Gasteiger partial charge in [-0.25, -0.2) is 0 Å². The molecule has 1 atom stereocenters. The van der Waals surface area contributed by atoms with Gasteiger partial charge in [-0.3, -0.25) is 0 Å². The minimum atomic E-state index is 0.318. The Hall–Kier alpha value is -0.900. The molecule has 1 aliphatic rings. The highest BCUT2D eigenvalue weighted by atomic mass is 16.5.